The fourth-order valence-corrected chi connectivity index (χ4v) is 3.02. The van der Waals surface area contributed by atoms with Gasteiger partial charge in [0, 0.05) is 12.2 Å². The summed E-state index contributed by atoms with van der Waals surface area (Å²) in [6.07, 6.45) is 1.31. The number of amides is 2. The molecule has 124 valence electrons. The zero-order valence-electron chi connectivity index (χ0n) is 13.5. The number of anilines is 1. The predicted molar refractivity (Wildman–Crippen MR) is 90.3 cm³/mol. The lowest BCUT2D eigenvalue weighted by Gasteiger charge is -2.24. The lowest BCUT2D eigenvalue weighted by Crippen LogP contribution is -2.43. The Morgan fingerprint density at radius 2 is 1.96 bits per heavy atom. The van der Waals surface area contributed by atoms with Crippen LogP contribution in [-0.2, 0) is 4.79 Å². The first-order valence-corrected chi connectivity index (χ1v) is 7.99. The molecule has 1 aliphatic heterocycles. The van der Waals surface area contributed by atoms with Crippen LogP contribution in [0.25, 0.3) is 0 Å². The van der Waals surface area contributed by atoms with Crippen molar-refractivity contribution in [2.45, 2.75) is 25.8 Å². The van der Waals surface area contributed by atoms with Crippen molar-refractivity contribution >= 4 is 17.5 Å². The molecule has 1 heterocycles. The standard InChI is InChI=1S/C19H19FN2O2/c1-13-6-4-7-14(12-13)21-18(23)17-10-5-11-22(17)19(24)15-8-2-3-9-16(15)20/h2-4,6-9,12,17H,5,10-11H2,1H3,(H,21,23). The number of nitrogens with one attached hydrogen (secondary N) is 1. The normalized spacial score (nSPS) is 16.9. The van der Waals surface area contributed by atoms with Crippen LogP contribution in [0.5, 0.6) is 0 Å². The minimum absolute atomic E-state index is 0.00718. The quantitative estimate of drug-likeness (QED) is 0.940. The van der Waals surface area contributed by atoms with Gasteiger partial charge in [0.2, 0.25) is 5.91 Å². The van der Waals surface area contributed by atoms with Crippen LogP contribution in [-0.4, -0.2) is 29.3 Å². The van der Waals surface area contributed by atoms with Crippen molar-refractivity contribution in [3.05, 3.63) is 65.5 Å². The molecule has 1 aliphatic rings. The third-order valence-electron chi connectivity index (χ3n) is 4.21. The highest BCUT2D eigenvalue weighted by Crippen LogP contribution is 2.23. The van der Waals surface area contributed by atoms with Crippen LogP contribution < -0.4 is 5.32 Å². The number of halogens is 1. The van der Waals surface area contributed by atoms with E-state index in [-0.39, 0.29) is 11.5 Å². The Morgan fingerprint density at radius 3 is 2.71 bits per heavy atom. The van der Waals surface area contributed by atoms with Crippen molar-refractivity contribution in [3.8, 4) is 0 Å². The fourth-order valence-electron chi connectivity index (χ4n) is 3.02. The van der Waals surface area contributed by atoms with Gasteiger partial charge in [0.1, 0.15) is 11.9 Å². The summed E-state index contributed by atoms with van der Waals surface area (Å²) >= 11 is 0. The minimum atomic E-state index is -0.572. The number of carbonyl (C=O) groups excluding carboxylic acids is 2. The molecule has 1 atom stereocenters. The van der Waals surface area contributed by atoms with E-state index in [2.05, 4.69) is 5.32 Å². The average Bonchev–Trinajstić information content (AvgIpc) is 3.04. The summed E-state index contributed by atoms with van der Waals surface area (Å²) in [5, 5.41) is 2.85. The van der Waals surface area contributed by atoms with Crippen LogP contribution in [0.3, 0.4) is 0 Å². The number of hydrogen-bond acceptors (Lipinski definition) is 2. The van der Waals surface area contributed by atoms with E-state index in [1.165, 1.54) is 23.1 Å². The van der Waals surface area contributed by atoms with E-state index in [0.717, 1.165) is 12.0 Å². The van der Waals surface area contributed by atoms with Crippen LogP contribution >= 0.6 is 0 Å². The van der Waals surface area contributed by atoms with E-state index >= 15 is 0 Å². The summed E-state index contributed by atoms with van der Waals surface area (Å²) in [6.45, 7) is 2.40. The highest BCUT2D eigenvalue weighted by atomic mass is 19.1. The van der Waals surface area contributed by atoms with Crippen LogP contribution in [0.4, 0.5) is 10.1 Å². The van der Waals surface area contributed by atoms with Crippen molar-refractivity contribution in [1.29, 1.82) is 0 Å². The van der Waals surface area contributed by atoms with E-state index in [9.17, 15) is 14.0 Å². The summed E-state index contributed by atoms with van der Waals surface area (Å²) in [4.78, 5) is 26.6. The first-order chi connectivity index (χ1) is 11.6. The van der Waals surface area contributed by atoms with E-state index < -0.39 is 17.8 Å². The second-order valence-electron chi connectivity index (χ2n) is 6.00. The highest BCUT2D eigenvalue weighted by Gasteiger charge is 2.35. The van der Waals surface area contributed by atoms with Gasteiger partial charge in [-0.05, 0) is 49.6 Å². The van der Waals surface area contributed by atoms with Crippen molar-refractivity contribution in [2.24, 2.45) is 0 Å². The molecule has 2 amide bonds. The number of benzene rings is 2. The highest BCUT2D eigenvalue weighted by molar-refractivity contribution is 6.01. The summed E-state index contributed by atoms with van der Waals surface area (Å²) in [6, 6.07) is 12.8. The number of hydrogen-bond donors (Lipinski definition) is 1. The summed E-state index contributed by atoms with van der Waals surface area (Å²) < 4.78 is 13.9. The molecule has 1 fully saturated rings. The molecule has 4 nitrogen and oxygen atoms in total. The summed E-state index contributed by atoms with van der Waals surface area (Å²) in [5.74, 6) is -1.23. The Balaban J connectivity index is 1.76. The van der Waals surface area contributed by atoms with E-state index in [4.69, 9.17) is 0 Å². The molecule has 0 bridgehead atoms. The maximum Gasteiger partial charge on any atom is 0.257 e. The van der Waals surface area contributed by atoms with E-state index in [1.807, 2.05) is 31.2 Å². The average molecular weight is 326 g/mol. The first-order valence-electron chi connectivity index (χ1n) is 7.99. The zero-order valence-corrected chi connectivity index (χ0v) is 13.5. The minimum Gasteiger partial charge on any atom is -0.327 e. The Morgan fingerprint density at radius 1 is 1.17 bits per heavy atom. The van der Waals surface area contributed by atoms with E-state index in [1.54, 1.807) is 6.07 Å². The molecular formula is C19H19FN2O2. The molecule has 0 saturated carbocycles. The monoisotopic (exact) mass is 326 g/mol. The molecule has 0 aromatic heterocycles. The third-order valence-corrected chi connectivity index (χ3v) is 4.21. The van der Waals surface area contributed by atoms with Gasteiger partial charge in [0.15, 0.2) is 0 Å². The van der Waals surface area contributed by atoms with Gasteiger partial charge in [-0.15, -0.1) is 0 Å². The first kappa shape index (κ1) is 16.2. The SMILES string of the molecule is Cc1cccc(NC(=O)C2CCCN2C(=O)c2ccccc2F)c1. The molecule has 5 heteroatoms. The Labute approximate surface area is 140 Å². The Bertz CT molecular complexity index is 775. The molecule has 24 heavy (non-hydrogen) atoms. The summed E-state index contributed by atoms with van der Waals surface area (Å²) in [5.41, 5.74) is 1.75. The van der Waals surface area contributed by atoms with Crippen molar-refractivity contribution < 1.29 is 14.0 Å². The zero-order chi connectivity index (χ0) is 17.1. The predicted octanol–water partition coefficient (Wildman–Crippen LogP) is 3.38. The molecule has 2 aromatic rings. The maximum absolute atomic E-state index is 13.9. The van der Waals surface area contributed by atoms with Crippen LogP contribution in [0.1, 0.15) is 28.8 Å². The van der Waals surface area contributed by atoms with Gasteiger partial charge >= 0.3 is 0 Å². The molecule has 3 rings (SSSR count). The number of carbonyl (C=O) groups is 2. The molecular weight excluding hydrogens is 307 g/mol. The Kier molecular flexibility index (Phi) is 4.60. The molecule has 1 saturated heterocycles. The Hall–Kier alpha value is -2.69. The van der Waals surface area contributed by atoms with Crippen LogP contribution in [0, 0.1) is 12.7 Å². The van der Waals surface area contributed by atoms with Gasteiger partial charge < -0.3 is 10.2 Å². The molecule has 0 radical (unpaired) electrons. The van der Waals surface area contributed by atoms with Gasteiger partial charge in [0.05, 0.1) is 5.56 Å². The lowest BCUT2D eigenvalue weighted by atomic mass is 10.1. The molecule has 0 spiro atoms. The number of rotatable bonds is 3. The number of likely N-dealkylation sites (tertiary alicyclic amines) is 1. The van der Waals surface area contributed by atoms with Crippen molar-refractivity contribution in [3.63, 3.8) is 0 Å². The number of nitrogens with zero attached hydrogens (tertiary/aromatic N) is 1. The molecule has 1 unspecified atom stereocenters. The smallest absolute Gasteiger partial charge is 0.257 e. The maximum atomic E-state index is 13.9. The fraction of sp³-hybridized carbons (Fsp3) is 0.263. The molecule has 2 aromatic carbocycles. The molecule has 0 aliphatic carbocycles. The van der Waals surface area contributed by atoms with Gasteiger partial charge in [-0.2, -0.15) is 0 Å². The topological polar surface area (TPSA) is 49.4 Å². The van der Waals surface area contributed by atoms with Gasteiger partial charge in [0.25, 0.3) is 5.91 Å². The van der Waals surface area contributed by atoms with Gasteiger partial charge in [-0.25, -0.2) is 4.39 Å². The van der Waals surface area contributed by atoms with E-state index in [0.29, 0.717) is 18.7 Å². The third kappa shape index (κ3) is 3.30. The van der Waals surface area contributed by atoms with Crippen molar-refractivity contribution in [2.75, 3.05) is 11.9 Å². The number of aryl methyl sites for hydroxylation is 1. The molecule has 1 N–H and O–H groups in total. The second-order valence-corrected chi connectivity index (χ2v) is 6.00. The second kappa shape index (κ2) is 6.83. The lowest BCUT2D eigenvalue weighted by molar-refractivity contribution is -0.119. The van der Waals surface area contributed by atoms with Gasteiger partial charge in [-0.1, -0.05) is 24.3 Å². The van der Waals surface area contributed by atoms with Crippen molar-refractivity contribution in [1.82, 2.24) is 4.90 Å². The summed E-state index contributed by atoms with van der Waals surface area (Å²) in [7, 11) is 0. The largest absolute Gasteiger partial charge is 0.327 e. The van der Waals surface area contributed by atoms with Crippen LogP contribution in [0.15, 0.2) is 48.5 Å². The van der Waals surface area contributed by atoms with Gasteiger partial charge in [-0.3, -0.25) is 9.59 Å². The van der Waals surface area contributed by atoms with Crippen LogP contribution in [0.2, 0.25) is 0 Å².